The summed E-state index contributed by atoms with van der Waals surface area (Å²) in [6, 6.07) is -5.32. The third-order valence-electron chi connectivity index (χ3n) is 2.57. The van der Waals surface area contributed by atoms with Gasteiger partial charge in [0, 0.05) is 5.75 Å². The lowest BCUT2D eigenvalue weighted by molar-refractivity contribution is -0.140. The van der Waals surface area contributed by atoms with Crippen molar-refractivity contribution in [2.75, 3.05) is 32.2 Å². The number of hydrogen-bond donors (Lipinski definition) is 15. The maximum absolute atomic E-state index is 9.76. The molecular weight excluding hydrogens is 506 g/mol. The van der Waals surface area contributed by atoms with E-state index in [1.165, 1.54) is 0 Å². The predicted octanol–water partition coefficient (Wildman–Crippen LogP) is -7.11. The highest BCUT2D eigenvalue weighted by Gasteiger charge is 2.09. The van der Waals surface area contributed by atoms with Gasteiger partial charge in [-0.15, -0.1) is 0 Å². The highest BCUT2D eigenvalue weighted by atomic mass is 32.1. The van der Waals surface area contributed by atoms with E-state index in [0.29, 0.717) is 0 Å². The second kappa shape index (κ2) is 27.6. The quantitative estimate of drug-likeness (QED) is 0.114. The van der Waals surface area contributed by atoms with E-state index in [0.717, 1.165) is 0 Å². The first-order valence-corrected chi connectivity index (χ1v) is 9.50. The number of aliphatic hydroxyl groups is 4. The van der Waals surface area contributed by atoms with E-state index in [2.05, 4.69) is 12.6 Å². The Bertz CT molecular complexity index is 484. The zero-order valence-electron chi connectivity index (χ0n) is 18.3. The van der Waals surface area contributed by atoms with Gasteiger partial charge in [0.25, 0.3) is 0 Å². The van der Waals surface area contributed by atoms with Crippen LogP contribution in [0.5, 0.6) is 0 Å². The molecule has 0 aromatic heterocycles. The molecule has 0 radical (unpaired) electrons. The van der Waals surface area contributed by atoms with Gasteiger partial charge in [-0.25, -0.2) is 0 Å². The summed E-state index contributed by atoms with van der Waals surface area (Å²) in [5.41, 5.74) is 24.0. The van der Waals surface area contributed by atoms with Crippen LogP contribution in [0, 0.1) is 0 Å². The number of rotatable bonds is 10. The summed E-state index contributed by atoms with van der Waals surface area (Å²) in [6.07, 6.45) is 0. The average Bonchev–Trinajstić information content (AvgIpc) is 2.82. The van der Waals surface area contributed by atoms with E-state index in [9.17, 15) is 24.0 Å². The van der Waals surface area contributed by atoms with Gasteiger partial charge in [0.05, 0.1) is 26.4 Å². The third-order valence-corrected chi connectivity index (χ3v) is 2.96. The van der Waals surface area contributed by atoms with Crippen LogP contribution >= 0.6 is 12.6 Å². The van der Waals surface area contributed by atoms with Gasteiger partial charge in [-0.3, -0.25) is 24.0 Å². The van der Waals surface area contributed by atoms with Crippen LogP contribution in [0.2, 0.25) is 0 Å². The Morgan fingerprint density at radius 2 is 0.600 bits per heavy atom. The van der Waals surface area contributed by atoms with E-state index in [1.807, 2.05) is 0 Å². The lowest BCUT2D eigenvalue weighted by Crippen LogP contribution is -2.33. The van der Waals surface area contributed by atoms with Crippen molar-refractivity contribution in [2.45, 2.75) is 30.2 Å². The first-order valence-electron chi connectivity index (χ1n) is 8.87. The smallest absolute Gasteiger partial charge is 0.322 e. The largest absolute Gasteiger partial charge is 0.480 e. The van der Waals surface area contributed by atoms with Crippen LogP contribution < -0.4 is 28.7 Å². The molecule has 5 unspecified atom stereocenters. The summed E-state index contributed by atoms with van der Waals surface area (Å²) in [7, 11) is 0. The fraction of sp³-hybridized carbons (Fsp3) is 0.667. The van der Waals surface area contributed by atoms with Gasteiger partial charge in [0.2, 0.25) is 0 Å². The molecule has 0 aliphatic heterocycles. The van der Waals surface area contributed by atoms with Crippen LogP contribution in [0.15, 0.2) is 0 Å². The zero-order chi connectivity index (χ0) is 29.3. The molecule has 20 heteroatoms. The summed E-state index contributed by atoms with van der Waals surface area (Å²) < 4.78 is 0. The molecule has 0 saturated heterocycles. The van der Waals surface area contributed by atoms with Gasteiger partial charge in [-0.2, -0.15) is 12.6 Å². The number of nitrogens with two attached hydrogens (primary N) is 5. The molecule has 0 rings (SSSR count). The second-order valence-electron chi connectivity index (χ2n) is 5.64. The van der Waals surface area contributed by atoms with Crippen molar-refractivity contribution in [1.82, 2.24) is 0 Å². The molecule has 0 amide bonds. The lowest BCUT2D eigenvalue weighted by Gasteiger charge is -1.96. The average molecular weight is 542 g/mol. The Morgan fingerprint density at radius 1 is 0.457 bits per heavy atom. The monoisotopic (exact) mass is 541 g/mol. The number of aliphatic carboxylic acids is 5. The van der Waals surface area contributed by atoms with Crippen molar-refractivity contribution in [3.8, 4) is 0 Å². The fourth-order valence-electron chi connectivity index (χ4n) is 0.390. The number of carboxylic acids is 5. The molecule has 0 heterocycles. The highest BCUT2D eigenvalue weighted by molar-refractivity contribution is 7.80. The molecule has 19 N–H and O–H groups in total. The minimum atomic E-state index is -1.18. The van der Waals surface area contributed by atoms with Crippen molar-refractivity contribution in [1.29, 1.82) is 0 Å². The molecule has 0 bridgehead atoms. The van der Waals surface area contributed by atoms with Crippen LogP contribution in [0.25, 0.3) is 0 Å². The molecule has 0 aliphatic carbocycles. The minimum Gasteiger partial charge on any atom is -0.480 e. The van der Waals surface area contributed by atoms with E-state index < -0.39 is 86.5 Å². The Morgan fingerprint density at radius 3 is 0.600 bits per heavy atom. The topological polar surface area (TPSA) is 398 Å². The maximum Gasteiger partial charge on any atom is 0.322 e. The van der Waals surface area contributed by atoms with Gasteiger partial charge in [0.1, 0.15) is 30.2 Å². The van der Waals surface area contributed by atoms with E-state index in [4.69, 9.17) is 74.6 Å². The maximum atomic E-state index is 9.76. The molecule has 19 nitrogen and oxygen atoms in total. The Balaban J connectivity index is -0.000000107. The zero-order valence-corrected chi connectivity index (χ0v) is 19.2. The number of carboxylic acid groups (broad SMARTS) is 5. The second-order valence-corrected chi connectivity index (χ2v) is 6.00. The molecule has 0 saturated carbocycles. The SMILES string of the molecule is NC(CO)C(=O)O.NC(CO)C(=O)O.NC(CO)C(=O)O.NC(CO)C(=O)O.NC(CS)C(=O)O. The number of hydrogen-bond acceptors (Lipinski definition) is 15. The highest BCUT2D eigenvalue weighted by Crippen LogP contribution is 1.80. The summed E-state index contributed by atoms with van der Waals surface area (Å²) in [6.45, 7) is -2.02. The first-order chi connectivity index (χ1) is 15.9. The number of carbonyl (C=O) groups is 5. The fourth-order valence-corrected chi connectivity index (χ4v) is 0.547. The normalized spacial score (nSPS) is 13.4. The van der Waals surface area contributed by atoms with Crippen molar-refractivity contribution in [3.63, 3.8) is 0 Å². The van der Waals surface area contributed by atoms with Crippen molar-refractivity contribution in [3.05, 3.63) is 0 Å². The molecule has 35 heavy (non-hydrogen) atoms. The van der Waals surface area contributed by atoms with Crippen LogP contribution in [-0.2, 0) is 24.0 Å². The minimum absolute atomic E-state index is 0.190. The third kappa shape index (κ3) is 36.1. The van der Waals surface area contributed by atoms with Gasteiger partial charge in [-0.05, 0) is 0 Å². The molecule has 0 fully saturated rings. The van der Waals surface area contributed by atoms with Crippen molar-refractivity contribution < 1.29 is 69.9 Å². The first kappa shape index (κ1) is 42.5. The van der Waals surface area contributed by atoms with Crippen LogP contribution in [-0.4, -0.2) is 138 Å². The lowest BCUT2D eigenvalue weighted by atomic mass is 10.3. The van der Waals surface area contributed by atoms with Crippen molar-refractivity contribution >= 4 is 42.5 Å². The van der Waals surface area contributed by atoms with Gasteiger partial charge < -0.3 is 74.6 Å². The van der Waals surface area contributed by atoms with E-state index in [-0.39, 0.29) is 5.75 Å². The van der Waals surface area contributed by atoms with E-state index in [1.54, 1.807) is 0 Å². The summed E-state index contributed by atoms with van der Waals surface area (Å²) in [5, 5.41) is 71.6. The van der Waals surface area contributed by atoms with Crippen molar-refractivity contribution in [2.24, 2.45) is 28.7 Å². The van der Waals surface area contributed by atoms with Crippen LogP contribution in [0.1, 0.15) is 0 Å². The van der Waals surface area contributed by atoms with Crippen LogP contribution in [0.4, 0.5) is 0 Å². The number of thiol groups is 1. The van der Waals surface area contributed by atoms with Gasteiger partial charge in [-0.1, -0.05) is 0 Å². The molecule has 210 valence electrons. The summed E-state index contributed by atoms with van der Waals surface area (Å²) in [4.78, 5) is 48.3. The molecule has 0 spiro atoms. The number of aliphatic hydroxyl groups excluding tert-OH is 4. The molecular formula is C15H35N5O14S. The van der Waals surface area contributed by atoms with E-state index >= 15 is 0 Å². The Hall–Kier alpha value is -2.66. The van der Waals surface area contributed by atoms with Gasteiger partial charge >= 0.3 is 29.8 Å². The predicted molar refractivity (Wildman–Crippen MR) is 120 cm³/mol. The molecule has 0 aromatic rings. The van der Waals surface area contributed by atoms with Gasteiger partial charge in [0.15, 0.2) is 0 Å². The van der Waals surface area contributed by atoms with Crippen LogP contribution in [0.3, 0.4) is 0 Å². The Kier molecular flexibility index (Phi) is 33.5. The summed E-state index contributed by atoms with van der Waals surface area (Å²) >= 11 is 3.65. The standard InChI is InChI=1S/4C3H7NO3.C3H7NO2S/c4*4-2(1-5)3(6)7;4-2(1-7)3(5)6/h4*2,5H,1,4H2,(H,6,7);2,7H,1,4H2,(H,5,6). The molecule has 0 aromatic carbocycles. The summed E-state index contributed by atoms with van der Waals surface area (Å²) in [5.74, 6) is -5.53. The molecule has 5 atom stereocenters. The Labute approximate surface area is 204 Å². The molecule has 0 aliphatic rings.